The molecule has 3 rings (SSSR count). The van der Waals surface area contributed by atoms with E-state index in [2.05, 4.69) is 31.0 Å². The van der Waals surface area contributed by atoms with Gasteiger partial charge >= 0.3 is 5.97 Å². The van der Waals surface area contributed by atoms with Crippen LogP contribution in [-0.4, -0.2) is 16.1 Å². The first-order valence-electron chi connectivity index (χ1n) is 7.93. The number of carboxylic acids is 1. The average molecular weight is 340 g/mol. The average Bonchev–Trinajstić information content (AvgIpc) is 2.60. The van der Waals surface area contributed by atoms with Crippen molar-refractivity contribution in [2.24, 2.45) is 0 Å². The fraction of sp³-hybridized carbons (Fsp3) is 0.200. The molecule has 0 bridgehead atoms. The van der Waals surface area contributed by atoms with Crippen molar-refractivity contribution in [3.63, 3.8) is 0 Å². The molecule has 0 aliphatic carbocycles. The van der Waals surface area contributed by atoms with Gasteiger partial charge in [0.2, 0.25) is 0 Å². The van der Waals surface area contributed by atoms with Crippen LogP contribution in [0.1, 0.15) is 42.1 Å². The van der Waals surface area contributed by atoms with Gasteiger partial charge in [-0.05, 0) is 42.2 Å². The number of pyridine rings is 1. The topological polar surface area (TPSA) is 50.2 Å². The molecule has 3 aromatic rings. The van der Waals surface area contributed by atoms with E-state index in [9.17, 15) is 9.90 Å². The van der Waals surface area contributed by atoms with E-state index in [4.69, 9.17) is 11.6 Å². The van der Waals surface area contributed by atoms with E-state index < -0.39 is 5.97 Å². The Labute approximate surface area is 145 Å². The summed E-state index contributed by atoms with van der Waals surface area (Å²) >= 11 is 5.99. The molecule has 0 aliphatic rings. The highest BCUT2D eigenvalue weighted by Crippen LogP contribution is 2.28. The van der Waals surface area contributed by atoms with Gasteiger partial charge in [0.1, 0.15) is 0 Å². The standard InChI is InChI=1S/C20H18ClNO2/c1-3-12(2)13-4-6-14(7-5-13)19-11-17(20(23)24)16-10-15(21)8-9-18(16)22-19/h4-12H,3H2,1-2H3,(H,23,24). The maximum absolute atomic E-state index is 11.6. The van der Waals surface area contributed by atoms with E-state index >= 15 is 0 Å². The SMILES string of the molecule is CCC(C)c1ccc(-c2cc(C(=O)O)c3cc(Cl)ccc3n2)cc1. The molecule has 0 amide bonds. The molecule has 3 nitrogen and oxygen atoms in total. The number of nitrogens with zero attached hydrogens (tertiary/aromatic N) is 1. The molecule has 4 heteroatoms. The van der Waals surface area contributed by atoms with Crippen molar-refractivity contribution in [1.29, 1.82) is 0 Å². The fourth-order valence-electron chi connectivity index (χ4n) is 2.74. The molecule has 1 atom stereocenters. The molecule has 0 spiro atoms. The Morgan fingerprint density at radius 2 is 1.88 bits per heavy atom. The lowest BCUT2D eigenvalue weighted by molar-refractivity contribution is 0.0699. The van der Waals surface area contributed by atoms with Gasteiger partial charge < -0.3 is 5.11 Å². The number of hydrogen-bond donors (Lipinski definition) is 1. The van der Waals surface area contributed by atoms with Crippen molar-refractivity contribution in [2.45, 2.75) is 26.2 Å². The van der Waals surface area contributed by atoms with Crippen LogP contribution in [0.2, 0.25) is 5.02 Å². The minimum atomic E-state index is -0.984. The summed E-state index contributed by atoms with van der Waals surface area (Å²) in [6, 6.07) is 14.9. The highest BCUT2D eigenvalue weighted by atomic mass is 35.5. The normalized spacial score (nSPS) is 12.3. The van der Waals surface area contributed by atoms with Crippen LogP contribution >= 0.6 is 11.6 Å². The third kappa shape index (κ3) is 3.13. The molecule has 0 saturated carbocycles. The summed E-state index contributed by atoms with van der Waals surface area (Å²) < 4.78 is 0. The maximum atomic E-state index is 11.6. The van der Waals surface area contributed by atoms with Crippen molar-refractivity contribution in [3.05, 3.63) is 64.7 Å². The Morgan fingerprint density at radius 3 is 2.50 bits per heavy atom. The quantitative estimate of drug-likeness (QED) is 0.656. The number of aromatic carboxylic acids is 1. The Hall–Kier alpha value is -2.39. The van der Waals surface area contributed by atoms with Gasteiger partial charge in [-0.15, -0.1) is 0 Å². The zero-order chi connectivity index (χ0) is 17.3. The molecule has 122 valence electrons. The molecule has 1 aromatic heterocycles. The fourth-order valence-corrected chi connectivity index (χ4v) is 2.91. The van der Waals surface area contributed by atoms with E-state index in [0.717, 1.165) is 12.0 Å². The van der Waals surface area contributed by atoms with E-state index in [1.54, 1.807) is 24.3 Å². The minimum absolute atomic E-state index is 0.212. The van der Waals surface area contributed by atoms with E-state index in [1.807, 2.05) is 12.1 Å². The molecular weight excluding hydrogens is 322 g/mol. The van der Waals surface area contributed by atoms with Gasteiger partial charge in [0.05, 0.1) is 16.8 Å². The molecule has 1 N–H and O–H groups in total. The van der Waals surface area contributed by atoms with E-state index in [0.29, 0.717) is 27.5 Å². The summed E-state index contributed by atoms with van der Waals surface area (Å²) in [5.41, 5.74) is 3.66. The minimum Gasteiger partial charge on any atom is -0.478 e. The van der Waals surface area contributed by atoms with Gasteiger partial charge in [0.15, 0.2) is 0 Å². The van der Waals surface area contributed by atoms with Gasteiger partial charge in [0, 0.05) is 16.0 Å². The third-order valence-corrected chi connectivity index (χ3v) is 4.62. The van der Waals surface area contributed by atoms with Crippen LogP contribution in [0.5, 0.6) is 0 Å². The number of benzene rings is 2. The van der Waals surface area contributed by atoms with Gasteiger partial charge in [-0.1, -0.05) is 49.7 Å². The van der Waals surface area contributed by atoms with Gasteiger partial charge in [-0.25, -0.2) is 9.78 Å². The zero-order valence-corrected chi connectivity index (χ0v) is 14.3. The largest absolute Gasteiger partial charge is 0.478 e. The number of carboxylic acid groups (broad SMARTS) is 1. The smallest absolute Gasteiger partial charge is 0.336 e. The van der Waals surface area contributed by atoms with E-state index in [1.165, 1.54) is 5.56 Å². The van der Waals surface area contributed by atoms with Crippen molar-refractivity contribution >= 4 is 28.5 Å². The Balaban J connectivity index is 2.13. The van der Waals surface area contributed by atoms with Crippen molar-refractivity contribution in [1.82, 2.24) is 4.98 Å². The summed E-state index contributed by atoms with van der Waals surface area (Å²) in [6.45, 7) is 4.35. The lowest BCUT2D eigenvalue weighted by Gasteiger charge is -2.11. The van der Waals surface area contributed by atoms with Crippen molar-refractivity contribution in [2.75, 3.05) is 0 Å². The highest BCUT2D eigenvalue weighted by molar-refractivity contribution is 6.31. The predicted octanol–water partition coefficient (Wildman–Crippen LogP) is 5.77. The first-order chi connectivity index (χ1) is 11.5. The lowest BCUT2D eigenvalue weighted by atomic mass is 9.96. The van der Waals surface area contributed by atoms with E-state index in [-0.39, 0.29) is 5.56 Å². The zero-order valence-electron chi connectivity index (χ0n) is 13.6. The predicted molar refractivity (Wildman–Crippen MR) is 97.9 cm³/mol. The van der Waals surface area contributed by atoms with Gasteiger partial charge in [0.25, 0.3) is 0 Å². The number of fused-ring (bicyclic) bond motifs is 1. The molecule has 1 unspecified atom stereocenters. The Bertz CT molecular complexity index is 903. The molecular formula is C20H18ClNO2. The van der Waals surface area contributed by atoms with Crippen LogP contribution in [0.25, 0.3) is 22.2 Å². The van der Waals surface area contributed by atoms with Crippen molar-refractivity contribution in [3.8, 4) is 11.3 Å². The monoisotopic (exact) mass is 339 g/mol. The highest BCUT2D eigenvalue weighted by Gasteiger charge is 2.13. The summed E-state index contributed by atoms with van der Waals surface area (Å²) in [5.74, 6) is -0.484. The number of rotatable bonds is 4. The first kappa shape index (κ1) is 16.5. The molecule has 1 heterocycles. The molecule has 24 heavy (non-hydrogen) atoms. The van der Waals surface area contributed by atoms with Gasteiger partial charge in [-0.2, -0.15) is 0 Å². The Morgan fingerprint density at radius 1 is 1.17 bits per heavy atom. The summed E-state index contributed by atoms with van der Waals surface area (Å²) in [7, 11) is 0. The summed E-state index contributed by atoms with van der Waals surface area (Å²) in [5, 5.41) is 10.6. The molecule has 0 saturated heterocycles. The van der Waals surface area contributed by atoms with Crippen LogP contribution in [0, 0.1) is 0 Å². The first-order valence-corrected chi connectivity index (χ1v) is 8.31. The van der Waals surface area contributed by atoms with Crippen LogP contribution in [-0.2, 0) is 0 Å². The maximum Gasteiger partial charge on any atom is 0.336 e. The third-order valence-electron chi connectivity index (χ3n) is 4.39. The number of hydrogen-bond acceptors (Lipinski definition) is 2. The van der Waals surface area contributed by atoms with Crippen LogP contribution in [0.3, 0.4) is 0 Å². The summed E-state index contributed by atoms with van der Waals surface area (Å²) in [6.07, 6.45) is 1.08. The summed E-state index contributed by atoms with van der Waals surface area (Å²) in [4.78, 5) is 16.2. The van der Waals surface area contributed by atoms with Crippen molar-refractivity contribution < 1.29 is 9.90 Å². The molecule has 0 radical (unpaired) electrons. The number of aromatic nitrogens is 1. The number of halogens is 1. The van der Waals surface area contributed by atoms with Crippen LogP contribution < -0.4 is 0 Å². The van der Waals surface area contributed by atoms with Crippen LogP contribution in [0.15, 0.2) is 48.5 Å². The second-order valence-electron chi connectivity index (χ2n) is 5.95. The Kier molecular flexibility index (Phi) is 4.54. The van der Waals surface area contributed by atoms with Gasteiger partial charge in [-0.3, -0.25) is 0 Å². The second kappa shape index (κ2) is 6.62. The van der Waals surface area contributed by atoms with Crippen LogP contribution in [0.4, 0.5) is 0 Å². The second-order valence-corrected chi connectivity index (χ2v) is 6.39. The molecule has 2 aromatic carbocycles. The lowest BCUT2D eigenvalue weighted by Crippen LogP contribution is -2.00. The number of carbonyl (C=O) groups is 1. The molecule has 0 aliphatic heterocycles. The molecule has 0 fully saturated rings.